The number of nitrogens with zero attached hydrogens (tertiary/aromatic N) is 2. The summed E-state index contributed by atoms with van der Waals surface area (Å²) < 4.78 is 7.70. The molecule has 1 N–H and O–H groups in total. The number of carboxylic acids is 1. The molecule has 0 aliphatic carbocycles. The maximum absolute atomic E-state index is 10.7. The lowest BCUT2D eigenvalue weighted by atomic mass is 10.3. The number of ether oxygens (including phenoxy) is 1. The summed E-state index contributed by atoms with van der Waals surface area (Å²) in [6.07, 6.45) is 0. The number of hydrogen-bond donors (Lipinski definition) is 1. The number of benzene rings is 1. The first-order chi connectivity index (χ1) is 9.61. The van der Waals surface area contributed by atoms with Crippen LogP contribution in [0.15, 0.2) is 39.8 Å². The zero-order chi connectivity index (χ0) is 14.5. The number of aliphatic carboxylic acids is 1. The average Bonchev–Trinajstić information content (AvgIpc) is 2.80. The van der Waals surface area contributed by atoms with E-state index in [1.807, 2.05) is 30.3 Å². The Bertz CT molecular complexity index is 615. The Morgan fingerprint density at radius 3 is 2.90 bits per heavy atom. The highest BCUT2D eigenvalue weighted by Gasteiger charge is 2.13. The van der Waals surface area contributed by atoms with Crippen molar-refractivity contribution in [2.45, 2.75) is 11.6 Å². The van der Waals surface area contributed by atoms with Crippen molar-refractivity contribution in [3.8, 4) is 5.69 Å². The van der Waals surface area contributed by atoms with Crippen molar-refractivity contribution in [1.82, 2.24) is 9.78 Å². The van der Waals surface area contributed by atoms with Gasteiger partial charge in [-0.25, -0.2) is 4.68 Å². The van der Waals surface area contributed by atoms with Crippen molar-refractivity contribution < 1.29 is 14.6 Å². The highest BCUT2D eigenvalue weighted by Crippen LogP contribution is 2.27. The van der Waals surface area contributed by atoms with Crippen LogP contribution in [-0.2, 0) is 16.1 Å². The molecular formula is C13H13BrN2O3S. The first kappa shape index (κ1) is 15.1. The molecule has 0 aliphatic heterocycles. The van der Waals surface area contributed by atoms with E-state index >= 15 is 0 Å². The van der Waals surface area contributed by atoms with Gasteiger partial charge in [0.05, 0.1) is 23.7 Å². The van der Waals surface area contributed by atoms with Gasteiger partial charge in [0.15, 0.2) is 0 Å². The molecule has 0 saturated carbocycles. The van der Waals surface area contributed by atoms with Crippen LogP contribution in [0.25, 0.3) is 5.69 Å². The SMILES string of the molecule is COCc1cc(SCC(=O)O)n(-c2ccccc2Br)n1. The molecule has 1 heterocycles. The lowest BCUT2D eigenvalue weighted by molar-refractivity contribution is -0.133. The maximum atomic E-state index is 10.7. The van der Waals surface area contributed by atoms with Crippen LogP contribution in [0.2, 0.25) is 0 Å². The fraction of sp³-hybridized carbons (Fsp3) is 0.231. The van der Waals surface area contributed by atoms with Crippen molar-refractivity contribution >= 4 is 33.7 Å². The van der Waals surface area contributed by atoms with Crippen molar-refractivity contribution in [2.75, 3.05) is 12.9 Å². The molecule has 2 aromatic rings. The van der Waals surface area contributed by atoms with Crippen LogP contribution < -0.4 is 0 Å². The second-order valence-electron chi connectivity index (χ2n) is 3.95. The van der Waals surface area contributed by atoms with Crippen molar-refractivity contribution in [3.63, 3.8) is 0 Å². The number of carboxylic acid groups (broad SMARTS) is 1. The predicted octanol–water partition coefficient (Wildman–Crippen LogP) is 2.96. The van der Waals surface area contributed by atoms with E-state index in [0.29, 0.717) is 6.61 Å². The first-order valence-electron chi connectivity index (χ1n) is 5.79. The highest BCUT2D eigenvalue weighted by atomic mass is 79.9. The zero-order valence-electron chi connectivity index (χ0n) is 10.7. The summed E-state index contributed by atoms with van der Waals surface area (Å²) >= 11 is 4.71. The Hall–Kier alpha value is -1.31. The molecule has 2 rings (SSSR count). The third kappa shape index (κ3) is 3.62. The molecule has 1 aromatic heterocycles. The number of halogens is 1. The van der Waals surface area contributed by atoms with Crippen LogP contribution in [0.1, 0.15) is 5.69 Å². The smallest absolute Gasteiger partial charge is 0.313 e. The lowest BCUT2D eigenvalue weighted by Gasteiger charge is -2.08. The summed E-state index contributed by atoms with van der Waals surface area (Å²) in [6.45, 7) is 0.387. The van der Waals surface area contributed by atoms with E-state index in [1.165, 1.54) is 11.8 Å². The molecule has 0 atom stereocenters. The molecule has 0 amide bonds. The molecule has 0 aliphatic rings. The Balaban J connectivity index is 2.39. The van der Waals surface area contributed by atoms with E-state index in [2.05, 4.69) is 21.0 Å². The Morgan fingerprint density at radius 1 is 1.50 bits per heavy atom. The van der Waals surface area contributed by atoms with Gasteiger partial charge < -0.3 is 9.84 Å². The monoisotopic (exact) mass is 356 g/mol. The lowest BCUT2D eigenvalue weighted by Crippen LogP contribution is -2.03. The third-order valence-electron chi connectivity index (χ3n) is 2.44. The molecule has 5 nitrogen and oxygen atoms in total. The van der Waals surface area contributed by atoms with Crippen LogP contribution in [0.4, 0.5) is 0 Å². The minimum absolute atomic E-state index is 0.0113. The van der Waals surface area contributed by atoms with Crippen LogP contribution >= 0.6 is 27.7 Å². The van der Waals surface area contributed by atoms with Crippen molar-refractivity contribution in [3.05, 3.63) is 40.5 Å². The van der Waals surface area contributed by atoms with Crippen molar-refractivity contribution in [1.29, 1.82) is 0 Å². The van der Waals surface area contributed by atoms with Gasteiger partial charge in [-0.3, -0.25) is 4.79 Å². The number of para-hydroxylation sites is 1. The molecular weight excluding hydrogens is 344 g/mol. The molecule has 7 heteroatoms. The van der Waals surface area contributed by atoms with E-state index in [-0.39, 0.29) is 5.75 Å². The van der Waals surface area contributed by atoms with Gasteiger partial charge in [0.25, 0.3) is 0 Å². The number of methoxy groups -OCH3 is 1. The molecule has 0 fully saturated rings. The Labute approximate surface area is 129 Å². The summed E-state index contributed by atoms with van der Waals surface area (Å²) in [5, 5.41) is 14.0. The van der Waals surface area contributed by atoms with Gasteiger partial charge in [-0.05, 0) is 34.1 Å². The second kappa shape index (κ2) is 6.92. The molecule has 106 valence electrons. The Morgan fingerprint density at radius 2 is 2.25 bits per heavy atom. The number of rotatable bonds is 6. The fourth-order valence-corrected chi connectivity index (χ4v) is 2.87. The van der Waals surface area contributed by atoms with Crippen LogP contribution in [0.5, 0.6) is 0 Å². The second-order valence-corrected chi connectivity index (χ2v) is 5.80. The predicted molar refractivity (Wildman–Crippen MR) is 80.3 cm³/mol. The Kier molecular flexibility index (Phi) is 5.22. The highest BCUT2D eigenvalue weighted by molar-refractivity contribution is 9.10. The van der Waals surface area contributed by atoms with Gasteiger partial charge in [-0.1, -0.05) is 23.9 Å². The van der Waals surface area contributed by atoms with Gasteiger partial charge in [-0.2, -0.15) is 5.10 Å². The number of thioether (sulfide) groups is 1. The fourth-order valence-electron chi connectivity index (χ4n) is 1.66. The molecule has 0 bridgehead atoms. The van der Waals surface area contributed by atoms with Gasteiger partial charge in [0, 0.05) is 11.6 Å². The molecule has 0 unspecified atom stereocenters. The topological polar surface area (TPSA) is 64.3 Å². The first-order valence-corrected chi connectivity index (χ1v) is 7.57. The summed E-state index contributed by atoms with van der Waals surface area (Å²) in [5.41, 5.74) is 1.62. The summed E-state index contributed by atoms with van der Waals surface area (Å²) in [6, 6.07) is 9.49. The normalized spacial score (nSPS) is 10.7. The quantitative estimate of drug-likeness (QED) is 0.806. The third-order valence-corrected chi connectivity index (χ3v) is 4.09. The number of aromatic nitrogens is 2. The van der Waals surface area contributed by atoms with Crippen LogP contribution in [0.3, 0.4) is 0 Å². The number of hydrogen-bond acceptors (Lipinski definition) is 4. The molecule has 0 radical (unpaired) electrons. The molecule has 20 heavy (non-hydrogen) atoms. The summed E-state index contributed by atoms with van der Waals surface area (Å²) in [7, 11) is 1.60. The maximum Gasteiger partial charge on any atom is 0.313 e. The largest absolute Gasteiger partial charge is 0.481 e. The van der Waals surface area contributed by atoms with Gasteiger partial charge in [0.2, 0.25) is 0 Å². The molecule has 1 aromatic carbocycles. The van der Waals surface area contributed by atoms with Crippen LogP contribution in [0, 0.1) is 0 Å². The zero-order valence-corrected chi connectivity index (χ0v) is 13.1. The number of carbonyl (C=O) groups is 1. The van der Waals surface area contributed by atoms with E-state index < -0.39 is 5.97 Å². The van der Waals surface area contributed by atoms with E-state index in [0.717, 1.165) is 20.9 Å². The minimum Gasteiger partial charge on any atom is -0.481 e. The average molecular weight is 357 g/mol. The summed E-state index contributed by atoms with van der Waals surface area (Å²) in [4.78, 5) is 10.7. The van der Waals surface area contributed by atoms with E-state index in [4.69, 9.17) is 9.84 Å². The van der Waals surface area contributed by atoms with Crippen molar-refractivity contribution in [2.24, 2.45) is 0 Å². The van der Waals surface area contributed by atoms with Gasteiger partial charge in [0.1, 0.15) is 5.03 Å². The minimum atomic E-state index is -0.858. The standard InChI is InChI=1S/C13H13BrN2O3S/c1-19-7-9-6-12(20-8-13(17)18)16(15-9)11-5-3-2-4-10(11)14/h2-6H,7-8H2,1H3,(H,17,18). The van der Waals surface area contributed by atoms with Gasteiger partial charge >= 0.3 is 5.97 Å². The molecule has 0 spiro atoms. The van der Waals surface area contributed by atoms with Gasteiger partial charge in [-0.15, -0.1) is 0 Å². The van der Waals surface area contributed by atoms with E-state index in [1.54, 1.807) is 11.8 Å². The van der Waals surface area contributed by atoms with Crippen LogP contribution in [-0.4, -0.2) is 33.7 Å². The van der Waals surface area contributed by atoms with E-state index in [9.17, 15) is 4.79 Å². The summed E-state index contributed by atoms with van der Waals surface area (Å²) in [5.74, 6) is -0.870. The molecule has 0 saturated heterocycles.